The highest BCUT2D eigenvalue weighted by atomic mass is 16.5. The van der Waals surface area contributed by atoms with Crippen LogP contribution in [0, 0.1) is 6.92 Å². The number of rotatable bonds is 4. The molecule has 19 heavy (non-hydrogen) atoms. The normalized spacial score (nSPS) is 10.5. The van der Waals surface area contributed by atoms with Gasteiger partial charge in [-0.25, -0.2) is 0 Å². The maximum absolute atomic E-state index is 11.5. The first kappa shape index (κ1) is 13.1. The maximum Gasteiger partial charge on any atom is 0.161 e. The van der Waals surface area contributed by atoms with Gasteiger partial charge in [0.1, 0.15) is 11.5 Å². The fourth-order valence-electron chi connectivity index (χ4n) is 1.91. The van der Waals surface area contributed by atoms with Crippen LogP contribution in [0.4, 0.5) is 11.4 Å². The van der Waals surface area contributed by atoms with Crippen molar-refractivity contribution in [3.05, 3.63) is 41.3 Å². The SMILES string of the molecule is CC(=O)c1cc(N(C)Cc2cc(C)on2)ccc1N. The zero-order chi connectivity index (χ0) is 14.0. The minimum absolute atomic E-state index is 0.0370. The van der Waals surface area contributed by atoms with Crippen molar-refractivity contribution in [2.75, 3.05) is 17.7 Å². The number of nitrogens with two attached hydrogens (primary N) is 1. The van der Waals surface area contributed by atoms with Crippen molar-refractivity contribution in [1.82, 2.24) is 5.16 Å². The Morgan fingerprint density at radius 2 is 2.16 bits per heavy atom. The van der Waals surface area contributed by atoms with Crippen molar-refractivity contribution >= 4 is 17.2 Å². The van der Waals surface area contributed by atoms with Gasteiger partial charge < -0.3 is 15.2 Å². The highest BCUT2D eigenvalue weighted by Gasteiger charge is 2.10. The molecule has 0 saturated heterocycles. The van der Waals surface area contributed by atoms with Gasteiger partial charge in [-0.2, -0.15) is 0 Å². The molecule has 5 heteroatoms. The molecule has 0 aliphatic carbocycles. The van der Waals surface area contributed by atoms with E-state index in [1.807, 2.05) is 31.0 Å². The van der Waals surface area contributed by atoms with Crippen LogP contribution in [0.15, 0.2) is 28.8 Å². The number of benzene rings is 1. The van der Waals surface area contributed by atoms with Gasteiger partial charge in [0.05, 0.1) is 6.54 Å². The molecule has 5 nitrogen and oxygen atoms in total. The third-order valence-electron chi connectivity index (χ3n) is 2.93. The number of hydrogen-bond donors (Lipinski definition) is 1. The van der Waals surface area contributed by atoms with Gasteiger partial charge in [-0.05, 0) is 32.0 Å². The van der Waals surface area contributed by atoms with E-state index in [1.54, 1.807) is 12.1 Å². The number of carbonyl (C=O) groups is 1. The van der Waals surface area contributed by atoms with Crippen molar-refractivity contribution in [1.29, 1.82) is 0 Å². The summed E-state index contributed by atoms with van der Waals surface area (Å²) in [5.41, 5.74) is 8.59. The van der Waals surface area contributed by atoms with Gasteiger partial charge in [0, 0.05) is 30.1 Å². The molecule has 0 bridgehead atoms. The Morgan fingerprint density at radius 3 is 2.74 bits per heavy atom. The second-order valence-corrected chi connectivity index (χ2v) is 4.61. The van der Waals surface area contributed by atoms with Crippen molar-refractivity contribution in [3.63, 3.8) is 0 Å². The van der Waals surface area contributed by atoms with E-state index < -0.39 is 0 Å². The van der Waals surface area contributed by atoms with Gasteiger partial charge in [-0.1, -0.05) is 5.16 Å². The highest BCUT2D eigenvalue weighted by molar-refractivity contribution is 6.00. The molecule has 0 aliphatic rings. The molecule has 0 atom stereocenters. The van der Waals surface area contributed by atoms with E-state index in [2.05, 4.69) is 5.16 Å². The third-order valence-corrected chi connectivity index (χ3v) is 2.93. The van der Waals surface area contributed by atoms with Crippen molar-refractivity contribution in [2.45, 2.75) is 20.4 Å². The number of ketones is 1. The summed E-state index contributed by atoms with van der Waals surface area (Å²) in [6.45, 7) is 3.97. The summed E-state index contributed by atoms with van der Waals surface area (Å²) in [5, 5.41) is 3.95. The molecule has 2 aromatic rings. The average Bonchev–Trinajstić information content (AvgIpc) is 2.74. The number of aryl methyl sites for hydroxylation is 1. The van der Waals surface area contributed by atoms with Gasteiger partial charge in [0.15, 0.2) is 5.78 Å². The molecule has 0 radical (unpaired) electrons. The van der Waals surface area contributed by atoms with Crippen LogP contribution in [-0.4, -0.2) is 18.0 Å². The first-order valence-electron chi connectivity index (χ1n) is 6.01. The Labute approximate surface area is 112 Å². The van der Waals surface area contributed by atoms with Gasteiger partial charge in [-0.3, -0.25) is 4.79 Å². The van der Waals surface area contributed by atoms with E-state index in [4.69, 9.17) is 10.3 Å². The molecule has 0 amide bonds. The second-order valence-electron chi connectivity index (χ2n) is 4.61. The van der Waals surface area contributed by atoms with Crippen LogP contribution in [0.2, 0.25) is 0 Å². The quantitative estimate of drug-likeness (QED) is 0.674. The average molecular weight is 259 g/mol. The van der Waals surface area contributed by atoms with Crippen molar-refractivity contribution in [3.8, 4) is 0 Å². The Morgan fingerprint density at radius 1 is 1.42 bits per heavy atom. The maximum atomic E-state index is 11.5. The molecule has 1 heterocycles. The van der Waals surface area contributed by atoms with E-state index in [-0.39, 0.29) is 5.78 Å². The van der Waals surface area contributed by atoms with Crippen molar-refractivity contribution in [2.24, 2.45) is 0 Å². The topological polar surface area (TPSA) is 72.4 Å². The predicted octanol–water partition coefficient (Wildman–Crippen LogP) is 2.40. The molecule has 0 aliphatic heterocycles. The number of nitrogen functional groups attached to an aromatic ring is 1. The standard InChI is InChI=1S/C14H17N3O2/c1-9-6-11(16-19-9)8-17(3)12-4-5-14(15)13(7-12)10(2)18/h4-7H,8,15H2,1-3H3. The van der Waals surface area contributed by atoms with Crippen LogP contribution in [0.5, 0.6) is 0 Å². The molecule has 2 N–H and O–H groups in total. The zero-order valence-corrected chi connectivity index (χ0v) is 11.3. The van der Waals surface area contributed by atoms with E-state index >= 15 is 0 Å². The number of nitrogens with zero attached hydrogens (tertiary/aromatic N) is 2. The third kappa shape index (κ3) is 2.93. The van der Waals surface area contributed by atoms with E-state index in [1.165, 1.54) is 6.92 Å². The molecule has 0 fully saturated rings. The Hall–Kier alpha value is -2.30. The molecule has 100 valence electrons. The fourth-order valence-corrected chi connectivity index (χ4v) is 1.91. The summed E-state index contributed by atoms with van der Waals surface area (Å²) in [7, 11) is 1.93. The van der Waals surface area contributed by atoms with Gasteiger partial charge in [0.25, 0.3) is 0 Å². The van der Waals surface area contributed by atoms with Gasteiger partial charge in [0.2, 0.25) is 0 Å². The lowest BCUT2D eigenvalue weighted by atomic mass is 10.1. The number of Topliss-reactive ketones (excluding diaryl/α,β-unsaturated/α-hetero) is 1. The number of hydrogen-bond acceptors (Lipinski definition) is 5. The molecule has 0 unspecified atom stereocenters. The fraction of sp³-hybridized carbons (Fsp3) is 0.286. The second kappa shape index (κ2) is 5.14. The number of carbonyl (C=O) groups excluding carboxylic acids is 1. The van der Waals surface area contributed by atoms with Crippen LogP contribution >= 0.6 is 0 Å². The van der Waals surface area contributed by atoms with E-state index in [9.17, 15) is 4.79 Å². The van der Waals surface area contributed by atoms with Crippen LogP contribution in [0.1, 0.15) is 28.7 Å². The summed E-state index contributed by atoms with van der Waals surface area (Å²) >= 11 is 0. The van der Waals surface area contributed by atoms with Crippen LogP contribution in [-0.2, 0) is 6.54 Å². The predicted molar refractivity (Wildman–Crippen MR) is 74.2 cm³/mol. The van der Waals surface area contributed by atoms with Crippen LogP contribution in [0.3, 0.4) is 0 Å². The Kier molecular flexibility index (Phi) is 3.55. The lowest BCUT2D eigenvalue weighted by Crippen LogP contribution is -2.17. The molecule has 0 saturated carbocycles. The molecule has 2 rings (SSSR count). The summed E-state index contributed by atoms with van der Waals surface area (Å²) in [6.07, 6.45) is 0. The lowest BCUT2D eigenvalue weighted by molar-refractivity contribution is 0.101. The zero-order valence-electron chi connectivity index (χ0n) is 11.3. The largest absolute Gasteiger partial charge is 0.398 e. The summed E-state index contributed by atoms with van der Waals surface area (Å²) in [4.78, 5) is 13.5. The van der Waals surface area contributed by atoms with Gasteiger partial charge in [-0.15, -0.1) is 0 Å². The molecule has 1 aromatic heterocycles. The molecule has 1 aromatic carbocycles. The summed E-state index contributed by atoms with van der Waals surface area (Å²) in [5.74, 6) is 0.746. The minimum Gasteiger partial charge on any atom is -0.398 e. The first-order valence-corrected chi connectivity index (χ1v) is 6.01. The molecule has 0 spiro atoms. The minimum atomic E-state index is -0.0370. The number of anilines is 2. The van der Waals surface area contributed by atoms with Gasteiger partial charge >= 0.3 is 0 Å². The summed E-state index contributed by atoms with van der Waals surface area (Å²) < 4.78 is 5.03. The molecular formula is C14H17N3O2. The van der Waals surface area contributed by atoms with Crippen molar-refractivity contribution < 1.29 is 9.32 Å². The monoisotopic (exact) mass is 259 g/mol. The van der Waals surface area contributed by atoms with Crippen LogP contribution in [0.25, 0.3) is 0 Å². The first-order chi connectivity index (χ1) is 8.97. The van der Waals surface area contributed by atoms with E-state index in [0.717, 1.165) is 17.1 Å². The smallest absolute Gasteiger partial charge is 0.161 e. The lowest BCUT2D eigenvalue weighted by Gasteiger charge is -2.19. The molecular weight excluding hydrogens is 242 g/mol. The van der Waals surface area contributed by atoms with E-state index in [0.29, 0.717) is 17.8 Å². The highest BCUT2D eigenvalue weighted by Crippen LogP contribution is 2.22. The Bertz CT molecular complexity index is 604. The van der Waals surface area contributed by atoms with Crippen LogP contribution < -0.4 is 10.6 Å². The Balaban J connectivity index is 2.21. The number of aromatic nitrogens is 1. The summed E-state index contributed by atoms with van der Waals surface area (Å²) in [6, 6.07) is 7.32.